The van der Waals surface area contributed by atoms with Gasteiger partial charge in [-0.3, -0.25) is 9.59 Å². The molecule has 4 heteroatoms. The second kappa shape index (κ2) is 11.6. The lowest BCUT2D eigenvalue weighted by Gasteiger charge is -2.20. The smallest absolute Gasteiger partial charge is 0.268 e. The first kappa shape index (κ1) is 29.6. The Bertz CT molecular complexity index is 2630. The molecule has 8 aromatic rings. The molecule has 0 saturated carbocycles. The Kier molecular flexibility index (Phi) is 6.85. The fourth-order valence-electron chi connectivity index (χ4n) is 7.69. The van der Waals surface area contributed by atoms with Crippen molar-refractivity contribution < 1.29 is 9.59 Å². The Labute approximate surface area is 290 Å². The van der Waals surface area contributed by atoms with Gasteiger partial charge in [0.15, 0.2) is 0 Å². The molecule has 1 aliphatic rings. The fraction of sp³-hybridized carbons (Fsp3) is 0.0435. The number of benzene rings is 7. The number of rotatable bonds is 5. The Morgan fingerprint density at radius 2 is 1.06 bits per heavy atom. The molecule has 0 saturated heterocycles. The molecule has 0 spiro atoms. The van der Waals surface area contributed by atoms with Crippen molar-refractivity contribution in [3.8, 4) is 39.1 Å². The van der Waals surface area contributed by atoms with E-state index in [1.165, 1.54) is 16.0 Å². The minimum Gasteiger partial charge on any atom is -0.308 e. The van der Waals surface area contributed by atoms with E-state index in [1.54, 1.807) is 6.07 Å². The normalized spacial score (nSPS) is 12.6. The van der Waals surface area contributed by atoms with Crippen LogP contribution in [0.15, 0.2) is 158 Å². The van der Waals surface area contributed by atoms with Gasteiger partial charge in [0.25, 0.3) is 11.8 Å². The van der Waals surface area contributed by atoms with Gasteiger partial charge in [-0.05, 0) is 60.4 Å². The molecule has 0 unspecified atom stereocenters. The summed E-state index contributed by atoms with van der Waals surface area (Å²) in [4.78, 5) is 30.9. The quantitative estimate of drug-likeness (QED) is 0.175. The van der Waals surface area contributed by atoms with Crippen LogP contribution in [0.1, 0.15) is 31.8 Å². The van der Waals surface area contributed by atoms with E-state index in [1.807, 2.05) is 97.1 Å². The number of hydrogen-bond acceptors (Lipinski definition) is 2. The maximum atomic E-state index is 15.0. The summed E-state index contributed by atoms with van der Waals surface area (Å²) in [7, 11) is 0. The summed E-state index contributed by atoms with van der Waals surface area (Å²) in [6.07, 6.45) is 0. The van der Waals surface area contributed by atoms with Crippen molar-refractivity contribution in [3.05, 3.63) is 180 Å². The Morgan fingerprint density at radius 1 is 0.420 bits per heavy atom. The van der Waals surface area contributed by atoms with Crippen LogP contribution in [0.2, 0.25) is 0 Å². The zero-order chi connectivity index (χ0) is 33.9. The van der Waals surface area contributed by atoms with Crippen molar-refractivity contribution in [3.63, 3.8) is 0 Å². The predicted octanol–water partition coefficient (Wildman–Crippen LogP) is 11.2. The number of imide groups is 1. The molecule has 2 amide bonds. The maximum Gasteiger partial charge on any atom is 0.268 e. The van der Waals surface area contributed by atoms with Crippen molar-refractivity contribution in [2.75, 3.05) is 4.90 Å². The zero-order valence-electron chi connectivity index (χ0n) is 27.7. The van der Waals surface area contributed by atoms with Gasteiger partial charge in [0.05, 0.1) is 33.5 Å². The van der Waals surface area contributed by atoms with E-state index in [0.717, 1.165) is 55.2 Å². The van der Waals surface area contributed by atoms with Crippen LogP contribution in [-0.4, -0.2) is 16.4 Å². The van der Waals surface area contributed by atoms with E-state index in [-0.39, 0.29) is 11.8 Å². The second-order valence-electron chi connectivity index (χ2n) is 13.0. The average molecular weight is 645 g/mol. The van der Waals surface area contributed by atoms with Crippen LogP contribution in [0.25, 0.3) is 60.9 Å². The van der Waals surface area contributed by atoms with Gasteiger partial charge in [-0.15, -0.1) is 0 Å². The molecule has 0 aliphatic carbocycles. The van der Waals surface area contributed by atoms with Crippen LogP contribution in [0.3, 0.4) is 0 Å². The highest BCUT2D eigenvalue weighted by molar-refractivity contribution is 6.36. The maximum absolute atomic E-state index is 15.0. The number of anilines is 1. The van der Waals surface area contributed by atoms with Gasteiger partial charge in [-0.2, -0.15) is 0 Å². The first-order valence-electron chi connectivity index (χ1n) is 16.9. The number of para-hydroxylation sites is 2. The Hall–Kier alpha value is -6.52. The van der Waals surface area contributed by atoms with Gasteiger partial charge in [0.2, 0.25) is 0 Å². The monoisotopic (exact) mass is 644 g/mol. The van der Waals surface area contributed by atoms with E-state index in [0.29, 0.717) is 22.5 Å². The molecule has 1 aromatic heterocycles. The predicted molar refractivity (Wildman–Crippen MR) is 204 cm³/mol. The number of aryl methyl sites for hydroxylation is 2. The first-order chi connectivity index (χ1) is 24.5. The molecule has 0 fully saturated rings. The lowest BCUT2D eigenvalue weighted by Crippen LogP contribution is -2.30. The molecular formula is C46H32N2O2. The number of fused-ring (bicyclic) bond motifs is 4. The third-order valence-electron chi connectivity index (χ3n) is 9.79. The van der Waals surface area contributed by atoms with Crippen LogP contribution in [-0.2, 0) is 0 Å². The molecule has 9 rings (SSSR count). The second-order valence-corrected chi connectivity index (χ2v) is 13.0. The summed E-state index contributed by atoms with van der Waals surface area (Å²) in [6, 6.07) is 52.9. The number of carbonyl (C=O) groups excluding carboxylic acids is 2. The minimum absolute atomic E-state index is 0.329. The highest BCUT2D eigenvalue weighted by atomic mass is 16.2. The van der Waals surface area contributed by atoms with E-state index in [9.17, 15) is 9.59 Å². The Morgan fingerprint density at radius 3 is 1.82 bits per heavy atom. The summed E-state index contributed by atoms with van der Waals surface area (Å²) in [5, 5.41) is 2.17. The van der Waals surface area contributed by atoms with Gasteiger partial charge in [-0.1, -0.05) is 145 Å². The van der Waals surface area contributed by atoms with Crippen LogP contribution in [0, 0.1) is 13.8 Å². The number of hydrogen-bond donors (Lipinski definition) is 0. The molecule has 0 atom stereocenters. The largest absolute Gasteiger partial charge is 0.308 e. The lowest BCUT2D eigenvalue weighted by molar-refractivity contribution is 0.0926. The summed E-state index contributed by atoms with van der Waals surface area (Å²) < 4.78 is 2.18. The van der Waals surface area contributed by atoms with Crippen molar-refractivity contribution in [2.45, 2.75) is 13.8 Å². The zero-order valence-corrected chi connectivity index (χ0v) is 27.7. The SMILES string of the molecule is Cc1cc(C)cc(-c2cccc3c4ccccc4n(-c4cccc5c4C(=O)N(c4cc(-c6ccccc6)ccc4-c4ccccc4)C5=O)c23)c1. The van der Waals surface area contributed by atoms with E-state index >= 15 is 0 Å². The standard InChI is InChI=1S/C46H32N2O2/c1-29-25-30(2)27-34(26-29)36-18-11-19-38-37-17-9-10-21-40(37)47(44(36)38)41-22-12-20-39-43(41)46(50)48(45(39)49)42-28-33(31-13-5-3-6-14-31)23-24-35(42)32-15-7-4-8-16-32/h3-28H,1-2H3. The summed E-state index contributed by atoms with van der Waals surface area (Å²) in [5.41, 5.74) is 12.3. The number of nitrogens with zero attached hydrogens (tertiary/aromatic N) is 2. The van der Waals surface area contributed by atoms with Gasteiger partial charge in [0.1, 0.15) is 0 Å². The molecule has 1 aliphatic heterocycles. The van der Waals surface area contributed by atoms with Crippen molar-refractivity contribution in [2.24, 2.45) is 0 Å². The number of carbonyl (C=O) groups is 2. The van der Waals surface area contributed by atoms with Crippen LogP contribution in [0.4, 0.5) is 5.69 Å². The molecule has 4 nitrogen and oxygen atoms in total. The lowest BCUT2D eigenvalue weighted by atomic mass is 9.97. The molecule has 7 aromatic carbocycles. The molecule has 0 radical (unpaired) electrons. The van der Waals surface area contributed by atoms with E-state index in [4.69, 9.17) is 0 Å². The third kappa shape index (κ3) is 4.61. The third-order valence-corrected chi connectivity index (χ3v) is 9.79. The van der Waals surface area contributed by atoms with E-state index < -0.39 is 0 Å². The van der Waals surface area contributed by atoms with Gasteiger partial charge in [0, 0.05) is 21.9 Å². The van der Waals surface area contributed by atoms with Gasteiger partial charge >= 0.3 is 0 Å². The summed E-state index contributed by atoms with van der Waals surface area (Å²) in [6.45, 7) is 4.23. The molecule has 2 heterocycles. The van der Waals surface area contributed by atoms with E-state index in [2.05, 4.69) is 73.0 Å². The highest BCUT2D eigenvalue weighted by Gasteiger charge is 2.40. The van der Waals surface area contributed by atoms with Crippen LogP contribution >= 0.6 is 0 Å². The first-order valence-corrected chi connectivity index (χ1v) is 16.9. The highest BCUT2D eigenvalue weighted by Crippen LogP contribution is 2.43. The van der Waals surface area contributed by atoms with Gasteiger partial charge < -0.3 is 4.57 Å². The van der Waals surface area contributed by atoms with Crippen LogP contribution < -0.4 is 4.90 Å². The minimum atomic E-state index is -0.335. The molecule has 50 heavy (non-hydrogen) atoms. The Balaban J connectivity index is 1.29. The van der Waals surface area contributed by atoms with Crippen molar-refractivity contribution in [1.82, 2.24) is 4.57 Å². The fourth-order valence-corrected chi connectivity index (χ4v) is 7.69. The number of amides is 2. The molecule has 238 valence electrons. The topological polar surface area (TPSA) is 42.3 Å². The summed E-state index contributed by atoms with van der Waals surface area (Å²) >= 11 is 0. The molecule has 0 N–H and O–H groups in total. The average Bonchev–Trinajstić information content (AvgIpc) is 3.62. The molecular weight excluding hydrogens is 613 g/mol. The van der Waals surface area contributed by atoms with Crippen molar-refractivity contribution >= 4 is 39.3 Å². The van der Waals surface area contributed by atoms with Gasteiger partial charge in [-0.25, -0.2) is 4.90 Å². The van der Waals surface area contributed by atoms with Crippen molar-refractivity contribution in [1.29, 1.82) is 0 Å². The van der Waals surface area contributed by atoms with Crippen LogP contribution in [0.5, 0.6) is 0 Å². The molecule has 0 bridgehead atoms. The summed E-state index contributed by atoms with van der Waals surface area (Å²) in [5.74, 6) is -0.664. The number of aromatic nitrogens is 1.